The highest BCUT2D eigenvalue weighted by atomic mass is 32.2. The van der Waals surface area contributed by atoms with E-state index in [1.165, 1.54) is 47.0 Å². The summed E-state index contributed by atoms with van der Waals surface area (Å²) in [5.74, 6) is 0.117. The molecule has 1 fully saturated rings. The predicted molar refractivity (Wildman–Crippen MR) is 141 cm³/mol. The van der Waals surface area contributed by atoms with Gasteiger partial charge < -0.3 is 14.0 Å². The van der Waals surface area contributed by atoms with Gasteiger partial charge in [-0.3, -0.25) is 9.59 Å². The van der Waals surface area contributed by atoms with Gasteiger partial charge in [0.25, 0.3) is 5.91 Å². The molecule has 0 saturated carbocycles. The van der Waals surface area contributed by atoms with Crippen LogP contribution in [0.15, 0.2) is 52.4 Å². The SMILES string of the molecule is CCOc1cccc2sc(=NC(=O)c3ccc(S(=O)(=O)N4CC(C)CC(C)C4)cc3)n(CC(=O)OC)c12. The van der Waals surface area contributed by atoms with Gasteiger partial charge in [0.1, 0.15) is 17.8 Å². The molecular weight excluding hydrogens is 514 g/mol. The number of thiazole rings is 1. The summed E-state index contributed by atoms with van der Waals surface area (Å²) in [5, 5.41) is 0. The molecule has 0 bridgehead atoms. The zero-order valence-electron chi connectivity index (χ0n) is 21.3. The van der Waals surface area contributed by atoms with Crippen molar-refractivity contribution in [2.45, 2.75) is 38.6 Å². The molecule has 2 aromatic carbocycles. The maximum absolute atomic E-state index is 13.2. The lowest BCUT2D eigenvalue weighted by Gasteiger charge is -2.34. The first-order valence-electron chi connectivity index (χ1n) is 12.1. The van der Waals surface area contributed by atoms with Crippen LogP contribution in [-0.4, -0.2) is 56.0 Å². The molecule has 0 radical (unpaired) electrons. The quantitative estimate of drug-likeness (QED) is 0.419. The molecule has 1 aromatic heterocycles. The minimum atomic E-state index is -3.66. The molecule has 1 aliphatic rings. The van der Waals surface area contributed by atoms with Crippen molar-refractivity contribution in [2.75, 3.05) is 26.8 Å². The van der Waals surface area contributed by atoms with Crippen LogP contribution in [0.5, 0.6) is 5.75 Å². The van der Waals surface area contributed by atoms with Crippen molar-refractivity contribution in [1.82, 2.24) is 8.87 Å². The van der Waals surface area contributed by atoms with Crippen molar-refractivity contribution in [3.63, 3.8) is 0 Å². The number of rotatable bonds is 7. The number of methoxy groups -OCH3 is 1. The number of aromatic nitrogens is 1. The molecule has 11 heteroatoms. The van der Waals surface area contributed by atoms with Crippen molar-refractivity contribution >= 4 is 43.5 Å². The van der Waals surface area contributed by atoms with E-state index in [-0.39, 0.29) is 17.0 Å². The van der Waals surface area contributed by atoms with Gasteiger partial charge in [-0.2, -0.15) is 9.30 Å². The smallest absolute Gasteiger partial charge is 0.325 e. The average molecular weight is 546 g/mol. The Morgan fingerprint density at radius 3 is 2.38 bits per heavy atom. The molecule has 1 amide bonds. The van der Waals surface area contributed by atoms with E-state index in [4.69, 9.17) is 9.47 Å². The monoisotopic (exact) mass is 545 g/mol. The number of hydrogen-bond donors (Lipinski definition) is 0. The number of sulfonamides is 1. The number of esters is 1. The topological polar surface area (TPSA) is 107 Å². The third-order valence-corrected chi connectivity index (χ3v) is 9.14. The van der Waals surface area contributed by atoms with Crippen LogP contribution in [-0.2, 0) is 26.1 Å². The lowest BCUT2D eigenvalue weighted by Crippen LogP contribution is -2.42. The van der Waals surface area contributed by atoms with Crippen molar-refractivity contribution < 1.29 is 27.5 Å². The van der Waals surface area contributed by atoms with Crippen molar-refractivity contribution in [3.05, 3.63) is 52.8 Å². The van der Waals surface area contributed by atoms with Crippen LogP contribution in [0.4, 0.5) is 0 Å². The molecule has 3 aromatic rings. The Morgan fingerprint density at radius 2 is 1.76 bits per heavy atom. The first-order chi connectivity index (χ1) is 17.6. The minimum absolute atomic E-state index is 0.142. The van der Waals surface area contributed by atoms with Crippen LogP contribution in [0.1, 0.15) is 37.6 Å². The number of para-hydroxylation sites is 1. The van der Waals surface area contributed by atoms with E-state index in [1.807, 2.05) is 19.1 Å². The number of benzene rings is 2. The van der Waals surface area contributed by atoms with Crippen molar-refractivity contribution in [1.29, 1.82) is 0 Å². The molecule has 1 saturated heterocycles. The van der Waals surface area contributed by atoms with Gasteiger partial charge in [0.15, 0.2) is 4.80 Å². The number of carbonyl (C=O) groups is 2. The number of fused-ring (bicyclic) bond motifs is 1. The lowest BCUT2D eigenvalue weighted by molar-refractivity contribution is -0.141. The van der Waals surface area contributed by atoms with E-state index < -0.39 is 21.9 Å². The van der Waals surface area contributed by atoms with E-state index in [0.29, 0.717) is 47.6 Å². The Hall–Kier alpha value is -3.02. The van der Waals surface area contributed by atoms with Gasteiger partial charge in [0, 0.05) is 18.7 Å². The maximum Gasteiger partial charge on any atom is 0.325 e. The number of amides is 1. The normalized spacial score (nSPS) is 19.2. The largest absolute Gasteiger partial charge is 0.492 e. The standard InChI is InChI=1S/C26H31N3O6S2/c1-5-35-21-7-6-8-22-24(21)29(16-23(30)34-4)26(36-22)27-25(31)19-9-11-20(12-10-19)37(32,33)28-14-17(2)13-18(3)15-28/h6-12,17-18H,5,13-16H2,1-4H3. The molecule has 4 rings (SSSR count). The van der Waals surface area contributed by atoms with Gasteiger partial charge in [0.05, 0.1) is 23.3 Å². The Labute approximate surface area is 220 Å². The molecule has 0 spiro atoms. The van der Waals surface area contributed by atoms with E-state index >= 15 is 0 Å². The highest BCUT2D eigenvalue weighted by Crippen LogP contribution is 2.29. The molecule has 1 aliphatic heterocycles. The summed E-state index contributed by atoms with van der Waals surface area (Å²) in [4.78, 5) is 29.9. The van der Waals surface area contributed by atoms with Gasteiger partial charge in [-0.1, -0.05) is 31.3 Å². The molecule has 0 N–H and O–H groups in total. The zero-order valence-corrected chi connectivity index (χ0v) is 23.0. The van der Waals surface area contributed by atoms with Crippen molar-refractivity contribution in [3.8, 4) is 5.75 Å². The molecule has 0 aliphatic carbocycles. The molecule has 2 unspecified atom stereocenters. The van der Waals surface area contributed by atoms with Crippen LogP contribution >= 0.6 is 11.3 Å². The molecule has 198 valence electrons. The predicted octanol–water partition coefficient (Wildman–Crippen LogP) is 3.68. The van der Waals surface area contributed by atoms with Gasteiger partial charge in [0.2, 0.25) is 10.0 Å². The summed E-state index contributed by atoms with van der Waals surface area (Å²) in [6.45, 7) is 7.23. The highest BCUT2D eigenvalue weighted by Gasteiger charge is 2.31. The molecule has 9 nitrogen and oxygen atoms in total. The summed E-state index contributed by atoms with van der Waals surface area (Å²) in [7, 11) is -2.36. The lowest BCUT2D eigenvalue weighted by atomic mass is 9.94. The Kier molecular flexibility index (Phi) is 8.15. The van der Waals surface area contributed by atoms with Crippen LogP contribution in [0.25, 0.3) is 10.2 Å². The third kappa shape index (κ3) is 5.78. The molecule has 2 atom stereocenters. The van der Waals surface area contributed by atoms with Gasteiger partial charge in [-0.25, -0.2) is 8.42 Å². The van der Waals surface area contributed by atoms with Gasteiger partial charge >= 0.3 is 5.97 Å². The highest BCUT2D eigenvalue weighted by molar-refractivity contribution is 7.89. The van der Waals surface area contributed by atoms with E-state index in [0.717, 1.165) is 11.1 Å². The fourth-order valence-corrected chi connectivity index (χ4v) is 7.39. The van der Waals surface area contributed by atoms with E-state index in [2.05, 4.69) is 18.8 Å². The maximum atomic E-state index is 13.2. The van der Waals surface area contributed by atoms with Crippen LogP contribution in [0.3, 0.4) is 0 Å². The fourth-order valence-electron chi connectivity index (χ4n) is 4.67. The molecule has 37 heavy (non-hydrogen) atoms. The van der Waals surface area contributed by atoms with Crippen LogP contribution < -0.4 is 9.54 Å². The molecular formula is C26H31N3O6S2. The number of piperidine rings is 1. The van der Waals surface area contributed by atoms with Crippen LogP contribution in [0.2, 0.25) is 0 Å². The summed E-state index contributed by atoms with van der Waals surface area (Å²) in [6, 6.07) is 11.3. The van der Waals surface area contributed by atoms with Crippen LogP contribution in [0, 0.1) is 11.8 Å². The van der Waals surface area contributed by atoms with E-state index in [1.54, 1.807) is 10.6 Å². The zero-order chi connectivity index (χ0) is 26.7. The number of nitrogens with zero attached hydrogens (tertiary/aromatic N) is 3. The summed E-state index contributed by atoms with van der Waals surface area (Å²) in [6.07, 6.45) is 1.00. The minimum Gasteiger partial charge on any atom is -0.492 e. The fraction of sp³-hybridized carbons (Fsp3) is 0.423. The Balaban J connectivity index is 1.68. The Bertz CT molecular complexity index is 1460. The summed E-state index contributed by atoms with van der Waals surface area (Å²) < 4.78 is 40.8. The summed E-state index contributed by atoms with van der Waals surface area (Å²) in [5.41, 5.74) is 0.893. The number of ether oxygens (including phenoxy) is 2. The second-order valence-corrected chi connectivity index (χ2v) is 12.2. The second-order valence-electron chi connectivity index (χ2n) is 9.29. The first kappa shape index (κ1) is 27.0. The third-order valence-electron chi connectivity index (χ3n) is 6.25. The Morgan fingerprint density at radius 1 is 1.08 bits per heavy atom. The first-order valence-corrected chi connectivity index (χ1v) is 14.4. The molecule has 2 heterocycles. The van der Waals surface area contributed by atoms with Crippen molar-refractivity contribution in [2.24, 2.45) is 16.8 Å². The second kappa shape index (κ2) is 11.2. The number of hydrogen-bond acceptors (Lipinski definition) is 7. The average Bonchev–Trinajstić information content (AvgIpc) is 3.21. The number of carbonyl (C=O) groups excluding carboxylic acids is 2. The van der Waals surface area contributed by atoms with Gasteiger partial charge in [-0.05, 0) is 61.6 Å². The summed E-state index contributed by atoms with van der Waals surface area (Å²) >= 11 is 1.25. The van der Waals surface area contributed by atoms with Gasteiger partial charge in [-0.15, -0.1) is 0 Å². The van der Waals surface area contributed by atoms with E-state index in [9.17, 15) is 18.0 Å².